The van der Waals surface area contributed by atoms with Gasteiger partial charge in [-0.1, -0.05) is 36.8 Å². The number of methoxy groups -OCH3 is 2. The molecule has 6 heteroatoms. The molecule has 6 nitrogen and oxygen atoms in total. The first-order chi connectivity index (χ1) is 17.8. The second kappa shape index (κ2) is 14.2. The van der Waals surface area contributed by atoms with Crippen molar-refractivity contribution in [3.8, 4) is 11.5 Å². The van der Waals surface area contributed by atoms with Crippen LogP contribution in [0.25, 0.3) is 0 Å². The van der Waals surface area contributed by atoms with Crippen LogP contribution in [0, 0.1) is 5.92 Å². The molecule has 0 saturated carbocycles. The van der Waals surface area contributed by atoms with Crippen molar-refractivity contribution in [1.82, 2.24) is 0 Å². The van der Waals surface area contributed by atoms with Gasteiger partial charge in [0.2, 0.25) is 0 Å². The molecule has 2 aromatic carbocycles. The number of aliphatic hydroxyl groups is 2. The maximum absolute atomic E-state index is 12.6. The number of unbranched alkanes of at least 4 members (excludes halogenated alkanes) is 1. The first kappa shape index (κ1) is 28.7. The predicted octanol–water partition coefficient (Wildman–Crippen LogP) is 5.50. The summed E-state index contributed by atoms with van der Waals surface area (Å²) in [7, 11) is 3.20. The summed E-state index contributed by atoms with van der Waals surface area (Å²) in [5, 5.41) is 23.7. The Balaban J connectivity index is 1.37. The van der Waals surface area contributed by atoms with Gasteiger partial charge >= 0.3 is 0 Å². The van der Waals surface area contributed by atoms with Gasteiger partial charge in [0.25, 0.3) is 0 Å². The second-order valence-electron chi connectivity index (χ2n) is 10.3. The summed E-state index contributed by atoms with van der Waals surface area (Å²) in [6, 6.07) is 14.1. The number of benzene rings is 2. The highest BCUT2D eigenvalue weighted by molar-refractivity contribution is 5.80. The third kappa shape index (κ3) is 9.52. The van der Waals surface area contributed by atoms with E-state index in [1.807, 2.05) is 30.3 Å². The van der Waals surface area contributed by atoms with Crippen LogP contribution in [0.1, 0.15) is 63.0 Å². The van der Waals surface area contributed by atoms with Crippen molar-refractivity contribution in [3.05, 3.63) is 65.7 Å². The molecule has 1 aliphatic rings. The molecule has 0 saturated heterocycles. The minimum Gasteiger partial charge on any atom is -0.493 e. The lowest BCUT2D eigenvalue weighted by Gasteiger charge is -2.30. The first-order valence-electron chi connectivity index (χ1n) is 13.5. The van der Waals surface area contributed by atoms with Gasteiger partial charge in [-0.15, -0.1) is 0 Å². The van der Waals surface area contributed by atoms with Gasteiger partial charge in [0.1, 0.15) is 5.78 Å². The second-order valence-corrected chi connectivity index (χ2v) is 10.3. The van der Waals surface area contributed by atoms with Crippen molar-refractivity contribution < 1.29 is 24.5 Å². The Morgan fingerprint density at radius 1 is 1.08 bits per heavy atom. The fraction of sp³-hybridized carbons (Fsp3) is 0.516. The average Bonchev–Trinajstić information content (AvgIpc) is 2.89. The standard InChI is InChI=1S/C31H43NO5/c1-23(33)22-32-27-10-6-9-25(19-27)8-5-4-7-24-15-17-31(35,18-16-24)21-28(34)13-11-26-12-14-29(36-2)30(20-26)37-3/h6,9-10,12,14-15,17,19-20,23-24,32-33,35H,4-5,7-8,11,13,16,18,21-22H2,1-3H3. The van der Waals surface area contributed by atoms with E-state index in [9.17, 15) is 15.0 Å². The van der Waals surface area contributed by atoms with Crippen molar-refractivity contribution in [3.63, 3.8) is 0 Å². The van der Waals surface area contributed by atoms with E-state index in [0.29, 0.717) is 43.2 Å². The number of aliphatic hydroxyl groups excluding tert-OH is 1. The molecule has 3 rings (SSSR count). The summed E-state index contributed by atoms with van der Waals surface area (Å²) in [4.78, 5) is 12.6. The Morgan fingerprint density at radius 2 is 1.86 bits per heavy atom. The van der Waals surface area contributed by atoms with Gasteiger partial charge in [0.05, 0.1) is 25.9 Å². The highest BCUT2D eigenvalue weighted by atomic mass is 16.5. The Kier molecular flexibility index (Phi) is 11.0. The summed E-state index contributed by atoms with van der Waals surface area (Å²) in [6.45, 7) is 2.32. The van der Waals surface area contributed by atoms with Crippen LogP contribution in [0.5, 0.6) is 11.5 Å². The van der Waals surface area contributed by atoms with Crippen LogP contribution in [0.2, 0.25) is 0 Å². The van der Waals surface area contributed by atoms with Crippen LogP contribution in [0.4, 0.5) is 5.69 Å². The van der Waals surface area contributed by atoms with Gasteiger partial charge in [0, 0.05) is 25.1 Å². The SMILES string of the molecule is COc1ccc(CCC(=O)CC2(O)C=CC(CCCCc3cccc(NCC(C)O)c3)CC2)cc1OC. The summed E-state index contributed by atoms with van der Waals surface area (Å²) in [6.07, 6.45) is 10.7. The van der Waals surface area contributed by atoms with Crippen LogP contribution in [0.3, 0.4) is 0 Å². The molecule has 0 bridgehead atoms. The lowest BCUT2D eigenvalue weighted by Crippen LogP contribution is -2.32. The van der Waals surface area contributed by atoms with E-state index in [4.69, 9.17) is 9.47 Å². The highest BCUT2D eigenvalue weighted by Crippen LogP contribution is 2.32. The molecule has 0 radical (unpaired) electrons. The molecule has 3 N–H and O–H groups in total. The maximum atomic E-state index is 12.6. The molecule has 3 unspecified atom stereocenters. The van der Waals surface area contributed by atoms with E-state index >= 15 is 0 Å². The third-order valence-corrected chi connectivity index (χ3v) is 7.09. The molecule has 202 valence electrons. The van der Waals surface area contributed by atoms with E-state index in [0.717, 1.165) is 43.4 Å². The highest BCUT2D eigenvalue weighted by Gasteiger charge is 2.30. The summed E-state index contributed by atoms with van der Waals surface area (Å²) in [5.74, 6) is 1.86. The fourth-order valence-corrected chi connectivity index (χ4v) is 4.91. The predicted molar refractivity (Wildman–Crippen MR) is 148 cm³/mol. The number of carbonyl (C=O) groups is 1. The average molecular weight is 510 g/mol. The molecule has 0 amide bonds. The number of carbonyl (C=O) groups excluding carboxylic acids is 1. The van der Waals surface area contributed by atoms with Crippen LogP contribution in [0.15, 0.2) is 54.6 Å². The normalized spacial score (nSPS) is 19.9. The van der Waals surface area contributed by atoms with Gasteiger partial charge in [-0.25, -0.2) is 0 Å². The lowest BCUT2D eigenvalue weighted by molar-refractivity contribution is -0.122. The van der Waals surface area contributed by atoms with Gasteiger partial charge in [-0.2, -0.15) is 0 Å². The Hall–Kier alpha value is -2.83. The molecule has 0 spiro atoms. The smallest absolute Gasteiger partial charge is 0.160 e. The number of ketones is 1. The minimum absolute atomic E-state index is 0.0746. The van der Waals surface area contributed by atoms with Crippen molar-refractivity contribution >= 4 is 11.5 Å². The largest absolute Gasteiger partial charge is 0.493 e. The Morgan fingerprint density at radius 3 is 2.57 bits per heavy atom. The third-order valence-electron chi connectivity index (χ3n) is 7.09. The van der Waals surface area contributed by atoms with Crippen molar-refractivity contribution in [2.45, 2.75) is 76.4 Å². The first-order valence-corrected chi connectivity index (χ1v) is 13.5. The lowest BCUT2D eigenvalue weighted by atomic mass is 9.80. The molecule has 0 heterocycles. The number of anilines is 1. The number of hydrogen-bond donors (Lipinski definition) is 3. The van der Waals surface area contributed by atoms with E-state index < -0.39 is 5.60 Å². The molecule has 0 fully saturated rings. The van der Waals surface area contributed by atoms with E-state index in [1.165, 1.54) is 5.56 Å². The van der Waals surface area contributed by atoms with Gasteiger partial charge in [0.15, 0.2) is 11.5 Å². The van der Waals surface area contributed by atoms with Gasteiger partial charge in [-0.3, -0.25) is 4.79 Å². The topological polar surface area (TPSA) is 88.0 Å². The van der Waals surface area contributed by atoms with Crippen LogP contribution < -0.4 is 14.8 Å². The van der Waals surface area contributed by atoms with Gasteiger partial charge < -0.3 is 25.0 Å². The van der Waals surface area contributed by atoms with Crippen LogP contribution in [-0.2, 0) is 17.6 Å². The Bertz CT molecular complexity index is 1030. The molecule has 3 atom stereocenters. The molecule has 0 aromatic heterocycles. The Labute approximate surface area is 221 Å². The van der Waals surface area contributed by atoms with Crippen molar-refractivity contribution in [1.29, 1.82) is 0 Å². The van der Waals surface area contributed by atoms with Gasteiger partial charge in [-0.05, 0) is 86.8 Å². The summed E-state index contributed by atoms with van der Waals surface area (Å²) in [5.41, 5.74) is 2.34. The fourth-order valence-electron chi connectivity index (χ4n) is 4.91. The number of rotatable bonds is 15. The molecule has 2 aromatic rings. The number of hydrogen-bond acceptors (Lipinski definition) is 6. The zero-order valence-electron chi connectivity index (χ0n) is 22.5. The van der Waals surface area contributed by atoms with E-state index in [2.05, 4.69) is 29.6 Å². The van der Waals surface area contributed by atoms with Crippen LogP contribution in [-0.4, -0.2) is 48.5 Å². The minimum atomic E-state index is -1.02. The molecule has 1 aliphatic carbocycles. The number of aryl methyl sites for hydroxylation is 2. The number of nitrogens with one attached hydrogen (secondary N) is 1. The molecule has 37 heavy (non-hydrogen) atoms. The molecular formula is C31H43NO5. The summed E-state index contributed by atoms with van der Waals surface area (Å²) < 4.78 is 10.6. The number of Topliss-reactive ketones (excluding diaryl/α,β-unsaturated/α-hetero) is 1. The molecular weight excluding hydrogens is 466 g/mol. The van der Waals surface area contributed by atoms with E-state index in [1.54, 1.807) is 21.1 Å². The monoisotopic (exact) mass is 509 g/mol. The zero-order chi connectivity index (χ0) is 26.7. The van der Waals surface area contributed by atoms with Crippen molar-refractivity contribution in [2.75, 3.05) is 26.1 Å². The van der Waals surface area contributed by atoms with Crippen LogP contribution >= 0.6 is 0 Å². The quantitative estimate of drug-likeness (QED) is 0.217. The zero-order valence-corrected chi connectivity index (χ0v) is 22.5. The number of ether oxygens (including phenoxy) is 2. The van der Waals surface area contributed by atoms with Crippen molar-refractivity contribution in [2.24, 2.45) is 5.92 Å². The summed E-state index contributed by atoms with van der Waals surface area (Å²) >= 11 is 0. The maximum Gasteiger partial charge on any atom is 0.160 e. The molecule has 0 aliphatic heterocycles. The number of allylic oxidation sites excluding steroid dienone is 1. The van der Waals surface area contributed by atoms with E-state index in [-0.39, 0.29) is 18.3 Å².